The molecule has 0 aliphatic carbocycles. The lowest BCUT2D eigenvalue weighted by atomic mass is 10.3. The van der Waals surface area contributed by atoms with Gasteiger partial charge < -0.3 is 10.1 Å². The molecule has 0 unspecified atom stereocenters. The van der Waals surface area contributed by atoms with Crippen LogP contribution in [0.1, 0.15) is 12.8 Å². The van der Waals surface area contributed by atoms with Gasteiger partial charge in [0.15, 0.2) is 0 Å². The molecule has 5 nitrogen and oxygen atoms in total. The van der Waals surface area contributed by atoms with Gasteiger partial charge in [0.2, 0.25) is 0 Å². The Kier molecular flexibility index (Phi) is 6.28. The molecule has 1 rings (SSSR count). The van der Waals surface area contributed by atoms with E-state index < -0.39 is 18.2 Å². The minimum atomic E-state index is -4.19. The van der Waals surface area contributed by atoms with Crippen molar-refractivity contribution in [1.29, 1.82) is 0 Å². The minimum absolute atomic E-state index is 0.0580. The van der Waals surface area contributed by atoms with Gasteiger partial charge in [-0.3, -0.25) is 4.79 Å². The number of hydrogen-bond donors (Lipinski definition) is 1. The topological polar surface area (TPSA) is 56.1 Å². The van der Waals surface area contributed by atoms with E-state index in [0.29, 0.717) is 6.61 Å². The third-order valence-corrected chi connectivity index (χ3v) is 2.81. The first-order valence-corrected chi connectivity index (χ1v) is 6.28. The first-order valence-electron chi connectivity index (χ1n) is 5.90. The zero-order valence-corrected chi connectivity index (χ0v) is 11.6. The Balaban J connectivity index is 2.59. The van der Waals surface area contributed by atoms with Crippen molar-refractivity contribution >= 4 is 17.3 Å². The second kappa shape index (κ2) is 7.49. The predicted octanol–water partition coefficient (Wildman–Crippen LogP) is 2.30. The van der Waals surface area contributed by atoms with Crippen molar-refractivity contribution < 1.29 is 17.9 Å². The highest BCUT2D eigenvalue weighted by atomic mass is 35.5. The molecule has 0 spiro atoms. The number of nitrogens with one attached hydrogen (secondary N) is 1. The number of alkyl halides is 3. The highest BCUT2D eigenvalue weighted by molar-refractivity contribution is 6.32. The average molecular weight is 314 g/mol. The molecule has 1 aromatic heterocycles. The number of nitrogens with zero attached hydrogens (tertiary/aromatic N) is 2. The summed E-state index contributed by atoms with van der Waals surface area (Å²) in [5, 5.41) is 6.44. The van der Waals surface area contributed by atoms with Crippen LogP contribution in [0.25, 0.3) is 0 Å². The second-order valence-electron chi connectivity index (χ2n) is 4.04. The molecule has 1 N–H and O–H groups in total. The van der Waals surface area contributed by atoms with Crippen molar-refractivity contribution in [2.24, 2.45) is 0 Å². The molecule has 0 aromatic carbocycles. The third-order valence-electron chi connectivity index (χ3n) is 2.44. The Hall–Kier alpha value is -1.28. The number of hydrogen-bond acceptors (Lipinski definition) is 4. The highest BCUT2D eigenvalue weighted by Gasteiger charge is 2.25. The van der Waals surface area contributed by atoms with Crippen LogP contribution in [0.15, 0.2) is 11.0 Å². The summed E-state index contributed by atoms with van der Waals surface area (Å²) < 4.78 is 41.8. The molecule has 1 aromatic rings. The van der Waals surface area contributed by atoms with Crippen LogP contribution in [0.3, 0.4) is 0 Å². The zero-order valence-electron chi connectivity index (χ0n) is 10.8. The van der Waals surface area contributed by atoms with E-state index in [2.05, 4.69) is 10.4 Å². The van der Waals surface area contributed by atoms with E-state index in [1.54, 1.807) is 0 Å². The quantitative estimate of drug-likeness (QED) is 0.785. The number of aromatic nitrogens is 2. The van der Waals surface area contributed by atoms with Crippen molar-refractivity contribution in [3.05, 3.63) is 21.6 Å². The van der Waals surface area contributed by atoms with E-state index in [1.165, 1.54) is 13.3 Å². The minimum Gasteiger partial charge on any atom is -0.383 e. The lowest BCUT2D eigenvalue weighted by molar-refractivity contribution is -0.134. The Morgan fingerprint density at radius 2 is 2.20 bits per heavy atom. The summed E-state index contributed by atoms with van der Waals surface area (Å²) in [6.45, 7) is 0.618. The maximum atomic E-state index is 12.0. The largest absolute Gasteiger partial charge is 0.389 e. The van der Waals surface area contributed by atoms with Crippen molar-refractivity contribution in [1.82, 2.24) is 9.78 Å². The summed E-state index contributed by atoms with van der Waals surface area (Å²) >= 11 is 5.85. The number of rotatable bonds is 7. The molecule has 114 valence electrons. The number of methoxy groups -OCH3 is 1. The smallest absolute Gasteiger partial charge is 0.383 e. The molecule has 0 radical (unpaired) electrons. The fourth-order valence-electron chi connectivity index (χ4n) is 1.44. The van der Waals surface area contributed by atoms with Crippen LogP contribution in [0, 0.1) is 0 Å². The number of halogens is 4. The van der Waals surface area contributed by atoms with Crippen LogP contribution in [0.2, 0.25) is 5.02 Å². The molecule has 9 heteroatoms. The lowest BCUT2D eigenvalue weighted by Crippen LogP contribution is -2.26. The molecule has 0 amide bonds. The first-order chi connectivity index (χ1) is 9.35. The number of ether oxygens (including phenoxy) is 1. The van der Waals surface area contributed by atoms with Crippen LogP contribution in [-0.4, -0.2) is 36.2 Å². The molecule has 0 atom stereocenters. The molecule has 0 bridgehead atoms. The van der Waals surface area contributed by atoms with E-state index in [9.17, 15) is 18.0 Å². The van der Waals surface area contributed by atoms with E-state index >= 15 is 0 Å². The zero-order chi connectivity index (χ0) is 15.2. The van der Waals surface area contributed by atoms with Crippen LogP contribution in [0.5, 0.6) is 0 Å². The maximum Gasteiger partial charge on any atom is 0.389 e. The van der Waals surface area contributed by atoms with Gasteiger partial charge in [-0.2, -0.15) is 18.3 Å². The molecule has 0 fully saturated rings. The normalized spacial score (nSPS) is 11.7. The summed E-state index contributed by atoms with van der Waals surface area (Å²) in [6.07, 6.45) is -3.87. The lowest BCUT2D eigenvalue weighted by Gasteiger charge is -2.10. The highest BCUT2D eigenvalue weighted by Crippen LogP contribution is 2.21. The van der Waals surface area contributed by atoms with Gasteiger partial charge in [-0.15, -0.1) is 0 Å². The van der Waals surface area contributed by atoms with Gasteiger partial charge in [-0.25, -0.2) is 4.68 Å². The monoisotopic (exact) mass is 313 g/mol. The van der Waals surface area contributed by atoms with Gasteiger partial charge in [0, 0.05) is 20.1 Å². The van der Waals surface area contributed by atoms with Gasteiger partial charge in [0.25, 0.3) is 5.56 Å². The van der Waals surface area contributed by atoms with E-state index in [-0.39, 0.29) is 30.2 Å². The molecule has 20 heavy (non-hydrogen) atoms. The van der Waals surface area contributed by atoms with Crippen LogP contribution < -0.4 is 10.9 Å². The van der Waals surface area contributed by atoms with Gasteiger partial charge in [0.1, 0.15) is 5.02 Å². The second-order valence-corrected chi connectivity index (χ2v) is 4.42. The standard InChI is InChI=1S/C11H15ClF3N3O2/c1-20-6-5-18-10(19)9(12)8(7-17-18)16-4-2-3-11(13,14)15/h7,16H,2-6H2,1H3. The molecule has 0 aliphatic rings. The third kappa shape index (κ3) is 5.38. The van der Waals surface area contributed by atoms with Gasteiger partial charge in [-0.1, -0.05) is 11.6 Å². The fourth-order valence-corrected chi connectivity index (χ4v) is 1.65. The van der Waals surface area contributed by atoms with E-state index in [4.69, 9.17) is 16.3 Å². The van der Waals surface area contributed by atoms with Crippen molar-refractivity contribution in [3.8, 4) is 0 Å². The maximum absolute atomic E-state index is 12.0. The summed E-state index contributed by atoms with van der Waals surface area (Å²) in [5.74, 6) is 0. The molecule has 1 heterocycles. The van der Waals surface area contributed by atoms with Gasteiger partial charge in [-0.05, 0) is 6.42 Å². The summed E-state index contributed by atoms with van der Waals surface area (Å²) in [6, 6.07) is 0. The summed E-state index contributed by atoms with van der Waals surface area (Å²) in [5.41, 5.74) is -0.281. The van der Waals surface area contributed by atoms with Crippen molar-refractivity contribution in [3.63, 3.8) is 0 Å². The SMILES string of the molecule is COCCn1ncc(NCCCC(F)(F)F)c(Cl)c1=O. The first kappa shape index (κ1) is 16.8. The van der Waals surface area contributed by atoms with Gasteiger partial charge >= 0.3 is 6.18 Å². The predicted molar refractivity (Wildman–Crippen MR) is 69.2 cm³/mol. The molecular weight excluding hydrogens is 299 g/mol. The van der Waals surface area contributed by atoms with Gasteiger partial charge in [0.05, 0.1) is 25.0 Å². The summed E-state index contributed by atoms with van der Waals surface area (Å²) in [7, 11) is 1.49. The Morgan fingerprint density at radius 1 is 1.50 bits per heavy atom. The van der Waals surface area contributed by atoms with Crippen LogP contribution in [-0.2, 0) is 11.3 Å². The summed E-state index contributed by atoms with van der Waals surface area (Å²) in [4.78, 5) is 11.8. The number of anilines is 1. The van der Waals surface area contributed by atoms with E-state index in [1.807, 2.05) is 0 Å². The van der Waals surface area contributed by atoms with E-state index in [0.717, 1.165) is 4.68 Å². The molecule has 0 saturated carbocycles. The Labute approximate surface area is 118 Å². The van der Waals surface area contributed by atoms with Crippen LogP contribution >= 0.6 is 11.6 Å². The van der Waals surface area contributed by atoms with Crippen molar-refractivity contribution in [2.75, 3.05) is 25.6 Å². The Morgan fingerprint density at radius 3 is 2.80 bits per heavy atom. The van der Waals surface area contributed by atoms with Crippen molar-refractivity contribution in [2.45, 2.75) is 25.6 Å². The molecule has 0 aliphatic heterocycles. The fraction of sp³-hybridized carbons (Fsp3) is 0.636. The van der Waals surface area contributed by atoms with Crippen LogP contribution in [0.4, 0.5) is 18.9 Å². The molecular formula is C11H15ClF3N3O2. The average Bonchev–Trinajstić information content (AvgIpc) is 2.37. The molecule has 0 saturated heterocycles. The Bertz CT molecular complexity index is 491.